The molecule has 114 valence electrons. The summed E-state index contributed by atoms with van der Waals surface area (Å²) in [6.45, 7) is 3.02. The van der Waals surface area contributed by atoms with E-state index in [4.69, 9.17) is 5.73 Å². The molecule has 1 unspecified atom stereocenters. The van der Waals surface area contributed by atoms with Gasteiger partial charge < -0.3 is 16.4 Å². The number of benzene rings is 2. The minimum absolute atomic E-state index is 0.187. The molecule has 0 spiro atoms. The van der Waals surface area contributed by atoms with E-state index in [0.29, 0.717) is 0 Å². The lowest BCUT2D eigenvalue weighted by atomic mass is 10.0. The van der Waals surface area contributed by atoms with E-state index < -0.39 is 6.04 Å². The van der Waals surface area contributed by atoms with Crippen molar-refractivity contribution >= 4 is 17.3 Å². The van der Waals surface area contributed by atoms with Crippen molar-refractivity contribution in [3.8, 4) is 0 Å². The van der Waals surface area contributed by atoms with E-state index in [1.54, 1.807) is 0 Å². The van der Waals surface area contributed by atoms with Crippen molar-refractivity contribution in [2.45, 2.75) is 25.8 Å². The minimum Gasteiger partial charge on any atom is -0.385 e. The number of nitrogens with two attached hydrogens (primary N) is 1. The van der Waals surface area contributed by atoms with E-state index in [0.717, 1.165) is 41.9 Å². The van der Waals surface area contributed by atoms with Crippen molar-refractivity contribution in [1.82, 2.24) is 0 Å². The second-order valence-electron chi connectivity index (χ2n) is 5.78. The quantitative estimate of drug-likeness (QED) is 0.815. The molecule has 1 atom stereocenters. The van der Waals surface area contributed by atoms with Gasteiger partial charge >= 0.3 is 0 Å². The van der Waals surface area contributed by atoms with Crippen LogP contribution in [0.2, 0.25) is 0 Å². The highest BCUT2D eigenvalue weighted by Crippen LogP contribution is 2.25. The van der Waals surface area contributed by atoms with Gasteiger partial charge in [0.25, 0.3) is 0 Å². The van der Waals surface area contributed by atoms with Gasteiger partial charge in [0, 0.05) is 17.9 Å². The number of hydrogen-bond donors (Lipinski definition) is 3. The number of aryl methyl sites for hydroxylation is 2. The fourth-order valence-electron chi connectivity index (χ4n) is 2.70. The van der Waals surface area contributed by atoms with Crippen molar-refractivity contribution in [3.05, 3.63) is 59.2 Å². The zero-order valence-electron chi connectivity index (χ0n) is 12.7. The first kappa shape index (κ1) is 14.6. The molecule has 0 aromatic heterocycles. The Balaban J connectivity index is 1.72. The molecule has 2 aromatic rings. The molecule has 1 amide bonds. The number of fused-ring (bicyclic) bond motifs is 1. The number of hydrogen-bond acceptors (Lipinski definition) is 3. The molecule has 0 saturated carbocycles. The third kappa shape index (κ3) is 3.12. The molecule has 22 heavy (non-hydrogen) atoms. The molecule has 1 aliphatic heterocycles. The highest BCUT2D eigenvalue weighted by atomic mass is 16.2. The number of anilines is 2. The van der Waals surface area contributed by atoms with Gasteiger partial charge in [0.15, 0.2) is 0 Å². The Morgan fingerprint density at radius 2 is 2.00 bits per heavy atom. The van der Waals surface area contributed by atoms with E-state index in [9.17, 15) is 4.79 Å². The topological polar surface area (TPSA) is 67.2 Å². The van der Waals surface area contributed by atoms with Gasteiger partial charge in [-0.15, -0.1) is 0 Å². The number of carbonyl (C=O) groups is 1. The number of rotatable bonds is 3. The van der Waals surface area contributed by atoms with Gasteiger partial charge in [-0.3, -0.25) is 4.79 Å². The van der Waals surface area contributed by atoms with Crippen LogP contribution in [0.3, 0.4) is 0 Å². The molecular weight excluding hydrogens is 274 g/mol. The summed E-state index contributed by atoms with van der Waals surface area (Å²) in [6.07, 6.45) is 2.16. The van der Waals surface area contributed by atoms with Gasteiger partial charge in [-0.05, 0) is 49.1 Å². The van der Waals surface area contributed by atoms with Crippen LogP contribution in [0.15, 0.2) is 42.5 Å². The standard InChI is InChI=1S/C18H21N3O/c1-12-4-6-13(7-5-12)17(19)18(22)21-15-8-9-16-14(11-15)3-2-10-20-16/h4-9,11,17,20H,2-3,10,19H2,1H3,(H,21,22). The SMILES string of the molecule is Cc1ccc(C(N)C(=O)Nc2ccc3c(c2)CCCN3)cc1. The Kier molecular flexibility index (Phi) is 4.11. The normalized spacial score (nSPS) is 14.6. The molecule has 3 rings (SSSR count). The fraction of sp³-hybridized carbons (Fsp3) is 0.278. The van der Waals surface area contributed by atoms with Crippen LogP contribution in [0.1, 0.15) is 29.2 Å². The van der Waals surface area contributed by atoms with Crippen molar-refractivity contribution < 1.29 is 4.79 Å². The lowest BCUT2D eigenvalue weighted by Gasteiger charge is -2.19. The smallest absolute Gasteiger partial charge is 0.245 e. The zero-order chi connectivity index (χ0) is 15.5. The maximum atomic E-state index is 12.3. The Hall–Kier alpha value is -2.33. The van der Waals surface area contributed by atoms with Crippen LogP contribution >= 0.6 is 0 Å². The molecule has 2 aromatic carbocycles. The third-order valence-corrected chi connectivity index (χ3v) is 4.03. The van der Waals surface area contributed by atoms with Gasteiger partial charge in [-0.1, -0.05) is 29.8 Å². The van der Waals surface area contributed by atoms with Crippen molar-refractivity contribution in [3.63, 3.8) is 0 Å². The van der Waals surface area contributed by atoms with Crippen molar-refractivity contribution in [2.75, 3.05) is 17.2 Å². The first-order valence-corrected chi connectivity index (χ1v) is 7.63. The Morgan fingerprint density at radius 3 is 2.77 bits per heavy atom. The largest absolute Gasteiger partial charge is 0.385 e. The van der Waals surface area contributed by atoms with Gasteiger partial charge in [0.05, 0.1) is 0 Å². The first-order valence-electron chi connectivity index (χ1n) is 7.63. The van der Waals surface area contributed by atoms with Gasteiger partial charge in [0.2, 0.25) is 5.91 Å². The number of carbonyl (C=O) groups excluding carboxylic acids is 1. The maximum Gasteiger partial charge on any atom is 0.245 e. The molecule has 0 aliphatic carbocycles. The minimum atomic E-state index is -0.658. The zero-order valence-corrected chi connectivity index (χ0v) is 12.7. The highest BCUT2D eigenvalue weighted by Gasteiger charge is 2.16. The monoisotopic (exact) mass is 295 g/mol. The summed E-state index contributed by atoms with van der Waals surface area (Å²) in [5.41, 5.74) is 11.2. The summed E-state index contributed by atoms with van der Waals surface area (Å²) >= 11 is 0. The van der Waals surface area contributed by atoms with Crippen LogP contribution in [-0.2, 0) is 11.2 Å². The molecular formula is C18H21N3O. The Bertz CT molecular complexity index is 679. The average Bonchev–Trinajstić information content (AvgIpc) is 2.55. The summed E-state index contributed by atoms with van der Waals surface area (Å²) in [5.74, 6) is -0.187. The summed E-state index contributed by atoms with van der Waals surface area (Å²) < 4.78 is 0. The lowest BCUT2D eigenvalue weighted by molar-refractivity contribution is -0.117. The second-order valence-corrected chi connectivity index (χ2v) is 5.78. The molecule has 1 heterocycles. The maximum absolute atomic E-state index is 12.3. The average molecular weight is 295 g/mol. The second kappa shape index (κ2) is 6.20. The van der Waals surface area contributed by atoms with Gasteiger partial charge in [-0.2, -0.15) is 0 Å². The summed E-state index contributed by atoms with van der Waals surface area (Å²) in [6, 6.07) is 13.0. The van der Waals surface area contributed by atoms with Crippen LogP contribution in [0.5, 0.6) is 0 Å². The van der Waals surface area contributed by atoms with Crippen molar-refractivity contribution in [1.29, 1.82) is 0 Å². The summed E-state index contributed by atoms with van der Waals surface area (Å²) in [4.78, 5) is 12.3. The summed E-state index contributed by atoms with van der Waals surface area (Å²) in [5, 5.41) is 6.27. The first-order chi connectivity index (χ1) is 10.6. The predicted octanol–water partition coefficient (Wildman–Crippen LogP) is 2.99. The van der Waals surface area contributed by atoms with E-state index in [2.05, 4.69) is 10.6 Å². The van der Waals surface area contributed by atoms with Crippen LogP contribution in [0, 0.1) is 6.92 Å². The van der Waals surface area contributed by atoms with Crippen LogP contribution in [0.4, 0.5) is 11.4 Å². The van der Waals surface area contributed by atoms with E-state index in [1.165, 1.54) is 5.56 Å². The Morgan fingerprint density at radius 1 is 1.23 bits per heavy atom. The molecule has 0 saturated heterocycles. The van der Waals surface area contributed by atoms with Crippen molar-refractivity contribution in [2.24, 2.45) is 5.73 Å². The Labute approximate surface area is 130 Å². The molecule has 4 nitrogen and oxygen atoms in total. The summed E-state index contributed by atoms with van der Waals surface area (Å²) in [7, 11) is 0. The molecule has 0 radical (unpaired) electrons. The van der Waals surface area contributed by atoms with E-state index in [1.807, 2.05) is 49.4 Å². The molecule has 4 N–H and O–H groups in total. The molecule has 0 bridgehead atoms. The van der Waals surface area contributed by atoms with Crippen LogP contribution in [-0.4, -0.2) is 12.5 Å². The third-order valence-electron chi connectivity index (χ3n) is 4.03. The van der Waals surface area contributed by atoms with Crippen LogP contribution in [0.25, 0.3) is 0 Å². The fourth-order valence-corrected chi connectivity index (χ4v) is 2.70. The highest BCUT2D eigenvalue weighted by molar-refractivity contribution is 5.95. The van der Waals surface area contributed by atoms with Crippen LogP contribution < -0.4 is 16.4 Å². The molecule has 1 aliphatic rings. The number of amides is 1. The van der Waals surface area contributed by atoms with Gasteiger partial charge in [-0.25, -0.2) is 0 Å². The van der Waals surface area contributed by atoms with E-state index in [-0.39, 0.29) is 5.91 Å². The number of nitrogens with one attached hydrogen (secondary N) is 2. The molecule has 0 fully saturated rings. The van der Waals surface area contributed by atoms with Gasteiger partial charge in [0.1, 0.15) is 6.04 Å². The lowest BCUT2D eigenvalue weighted by Crippen LogP contribution is -2.27. The van der Waals surface area contributed by atoms with E-state index >= 15 is 0 Å². The molecule has 4 heteroatoms. The predicted molar refractivity (Wildman–Crippen MR) is 90.0 cm³/mol.